The SMILES string of the molecule is O=C(c1cccnc1)N1CCC(n2cc(-c3nc(-c4ccccc4)no3)nn2)CC1. The predicted molar refractivity (Wildman–Crippen MR) is 107 cm³/mol. The number of likely N-dealkylation sites (tertiary alicyclic amines) is 1. The minimum absolute atomic E-state index is 0.0140. The molecule has 1 amide bonds. The molecule has 0 bridgehead atoms. The highest BCUT2D eigenvalue weighted by molar-refractivity contribution is 5.93. The highest BCUT2D eigenvalue weighted by Crippen LogP contribution is 2.25. The monoisotopic (exact) mass is 401 g/mol. The summed E-state index contributed by atoms with van der Waals surface area (Å²) in [6, 6.07) is 13.4. The van der Waals surface area contributed by atoms with Crippen LogP contribution in [0.1, 0.15) is 29.2 Å². The maximum absolute atomic E-state index is 12.6. The Bertz CT molecular complexity index is 1130. The van der Waals surface area contributed by atoms with E-state index in [1.54, 1.807) is 24.5 Å². The number of amides is 1. The fourth-order valence-corrected chi connectivity index (χ4v) is 3.59. The van der Waals surface area contributed by atoms with Crippen molar-refractivity contribution in [3.63, 3.8) is 0 Å². The number of pyridine rings is 1. The van der Waals surface area contributed by atoms with Crippen molar-refractivity contribution in [1.29, 1.82) is 0 Å². The summed E-state index contributed by atoms with van der Waals surface area (Å²) in [5.74, 6) is 0.867. The van der Waals surface area contributed by atoms with Crippen molar-refractivity contribution in [2.45, 2.75) is 18.9 Å². The molecule has 4 heterocycles. The van der Waals surface area contributed by atoms with Crippen LogP contribution in [0.4, 0.5) is 0 Å². The fourth-order valence-electron chi connectivity index (χ4n) is 3.59. The van der Waals surface area contributed by atoms with Gasteiger partial charge >= 0.3 is 0 Å². The normalized spacial score (nSPS) is 14.7. The molecule has 9 heteroatoms. The predicted octanol–water partition coefficient (Wildman–Crippen LogP) is 2.87. The van der Waals surface area contributed by atoms with E-state index in [1.807, 2.05) is 46.1 Å². The van der Waals surface area contributed by atoms with Crippen LogP contribution in [0.2, 0.25) is 0 Å². The lowest BCUT2D eigenvalue weighted by molar-refractivity contribution is 0.0689. The Hall–Kier alpha value is -3.88. The largest absolute Gasteiger partial charge is 0.338 e. The molecule has 0 radical (unpaired) electrons. The van der Waals surface area contributed by atoms with Gasteiger partial charge in [-0.05, 0) is 25.0 Å². The molecule has 30 heavy (non-hydrogen) atoms. The van der Waals surface area contributed by atoms with Crippen LogP contribution in [0.15, 0.2) is 65.6 Å². The number of carbonyl (C=O) groups is 1. The second-order valence-corrected chi connectivity index (χ2v) is 7.14. The van der Waals surface area contributed by atoms with Crippen LogP contribution in [-0.4, -0.2) is 54.0 Å². The van der Waals surface area contributed by atoms with Crippen molar-refractivity contribution >= 4 is 5.91 Å². The van der Waals surface area contributed by atoms with Crippen LogP contribution >= 0.6 is 0 Å². The third-order valence-corrected chi connectivity index (χ3v) is 5.22. The first-order valence-electron chi connectivity index (χ1n) is 9.78. The Morgan fingerprint density at radius 1 is 1.07 bits per heavy atom. The van der Waals surface area contributed by atoms with Crippen molar-refractivity contribution in [2.24, 2.45) is 0 Å². The van der Waals surface area contributed by atoms with Crippen molar-refractivity contribution < 1.29 is 9.32 Å². The van der Waals surface area contributed by atoms with E-state index in [0.717, 1.165) is 18.4 Å². The molecule has 0 N–H and O–H groups in total. The molecule has 1 aliphatic rings. The topological polar surface area (TPSA) is 103 Å². The molecule has 1 aromatic carbocycles. The van der Waals surface area contributed by atoms with Crippen molar-refractivity contribution in [2.75, 3.05) is 13.1 Å². The van der Waals surface area contributed by atoms with Gasteiger partial charge in [-0.25, -0.2) is 4.68 Å². The molecule has 1 saturated heterocycles. The number of carbonyl (C=O) groups excluding carboxylic acids is 1. The van der Waals surface area contributed by atoms with Crippen LogP contribution in [0, 0.1) is 0 Å². The average molecular weight is 401 g/mol. The summed E-state index contributed by atoms with van der Waals surface area (Å²) in [7, 11) is 0. The summed E-state index contributed by atoms with van der Waals surface area (Å²) in [5, 5.41) is 12.5. The number of benzene rings is 1. The van der Waals surface area contributed by atoms with Gasteiger partial charge in [0.25, 0.3) is 11.8 Å². The van der Waals surface area contributed by atoms with Gasteiger partial charge in [0, 0.05) is 31.0 Å². The van der Waals surface area contributed by atoms with E-state index in [-0.39, 0.29) is 11.9 Å². The van der Waals surface area contributed by atoms with E-state index >= 15 is 0 Å². The fraction of sp³-hybridized carbons (Fsp3) is 0.238. The van der Waals surface area contributed by atoms with E-state index in [0.29, 0.717) is 36.1 Å². The summed E-state index contributed by atoms with van der Waals surface area (Å²) in [5.41, 5.74) is 2.04. The molecule has 0 aliphatic carbocycles. The number of nitrogens with zero attached hydrogens (tertiary/aromatic N) is 7. The number of hydrogen-bond donors (Lipinski definition) is 0. The molecule has 4 aromatic rings. The molecule has 150 valence electrons. The first kappa shape index (κ1) is 18.2. The zero-order valence-corrected chi connectivity index (χ0v) is 16.1. The molecule has 5 rings (SSSR count). The smallest absolute Gasteiger partial charge is 0.280 e. The molecule has 0 atom stereocenters. The minimum Gasteiger partial charge on any atom is -0.338 e. The molecular weight excluding hydrogens is 382 g/mol. The average Bonchev–Trinajstić information content (AvgIpc) is 3.50. The molecule has 0 saturated carbocycles. The molecule has 0 spiro atoms. The van der Waals surface area contributed by atoms with E-state index in [4.69, 9.17) is 4.52 Å². The molecule has 9 nitrogen and oxygen atoms in total. The van der Waals surface area contributed by atoms with E-state index in [1.165, 1.54) is 0 Å². The first-order chi connectivity index (χ1) is 14.8. The Labute approximate surface area is 172 Å². The first-order valence-corrected chi connectivity index (χ1v) is 9.78. The maximum Gasteiger partial charge on any atom is 0.280 e. The van der Waals surface area contributed by atoms with E-state index < -0.39 is 0 Å². The van der Waals surface area contributed by atoms with E-state index in [2.05, 4.69) is 25.4 Å². The zero-order valence-electron chi connectivity index (χ0n) is 16.1. The van der Waals surface area contributed by atoms with Crippen LogP contribution in [0.5, 0.6) is 0 Å². The zero-order chi connectivity index (χ0) is 20.3. The van der Waals surface area contributed by atoms with Crippen molar-refractivity contribution in [3.05, 3.63) is 66.6 Å². The van der Waals surface area contributed by atoms with Gasteiger partial charge in [-0.15, -0.1) is 5.10 Å². The highest BCUT2D eigenvalue weighted by atomic mass is 16.5. The second-order valence-electron chi connectivity index (χ2n) is 7.14. The quantitative estimate of drug-likeness (QED) is 0.518. The van der Waals surface area contributed by atoms with Crippen LogP contribution in [0.3, 0.4) is 0 Å². The molecule has 1 aliphatic heterocycles. The van der Waals surface area contributed by atoms with Gasteiger partial charge in [0.15, 0.2) is 5.69 Å². The Morgan fingerprint density at radius 2 is 1.90 bits per heavy atom. The molecular formula is C21H19N7O2. The summed E-state index contributed by atoms with van der Waals surface area (Å²) in [4.78, 5) is 22.9. The van der Waals surface area contributed by atoms with Crippen LogP contribution < -0.4 is 0 Å². The van der Waals surface area contributed by atoms with Gasteiger partial charge in [-0.3, -0.25) is 9.78 Å². The number of aromatic nitrogens is 6. The highest BCUT2D eigenvalue weighted by Gasteiger charge is 2.26. The van der Waals surface area contributed by atoms with Gasteiger partial charge in [0.1, 0.15) is 0 Å². The number of hydrogen-bond acceptors (Lipinski definition) is 7. The lowest BCUT2D eigenvalue weighted by atomic mass is 10.0. The van der Waals surface area contributed by atoms with E-state index in [9.17, 15) is 4.79 Å². The third-order valence-electron chi connectivity index (χ3n) is 5.22. The number of piperidine rings is 1. The van der Waals surface area contributed by atoms with Gasteiger partial charge < -0.3 is 9.42 Å². The Kier molecular flexibility index (Phi) is 4.76. The Balaban J connectivity index is 1.25. The second kappa shape index (κ2) is 7.86. The van der Waals surface area contributed by atoms with Crippen molar-refractivity contribution in [1.82, 2.24) is 35.0 Å². The molecule has 1 fully saturated rings. The summed E-state index contributed by atoms with van der Waals surface area (Å²) < 4.78 is 7.19. The lowest BCUT2D eigenvalue weighted by Crippen LogP contribution is -2.39. The third kappa shape index (κ3) is 3.57. The van der Waals surface area contributed by atoms with Gasteiger partial charge in [0.2, 0.25) is 5.82 Å². The summed E-state index contributed by atoms with van der Waals surface area (Å²) in [6.07, 6.45) is 6.69. The van der Waals surface area contributed by atoms with Crippen molar-refractivity contribution in [3.8, 4) is 23.0 Å². The van der Waals surface area contributed by atoms with Gasteiger partial charge in [0.05, 0.1) is 17.8 Å². The standard InChI is InChI=1S/C21H19N7O2/c29-21(16-7-4-10-22-13-16)27-11-8-17(9-12-27)28-14-18(24-26-28)20-23-19(25-30-20)15-5-2-1-3-6-15/h1-7,10,13-14,17H,8-9,11-12H2. The van der Waals surface area contributed by atoms with Crippen LogP contribution in [-0.2, 0) is 0 Å². The molecule has 0 unspecified atom stereocenters. The number of rotatable bonds is 4. The maximum atomic E-state index is 12.6. The summed E-state index contributed by atoms with van der Waals surface area (Å²) in [6.45, 7) is 1.32. The van der Waals surface area contributed by atoms with Gasteiger partial charge in [-0.2, -0.15) is 4.98 Å². The van der Waals surface area contributed by atoms with Crippen LogP contribution in [0.25, 0.3) is 23.0 Å². The Morgan fingerprint density at radius 3 is 2.67 bits per heavy atom. The summed E-state index contributed by atoms with van der Waals surface area (Å²) >= 11 is 0. The van der Waals surface area contributed by atoms with Gasteiger partial charge in [-0.1, -0.05) is 40.7 Å². The lowest BCUT2D eigenvalue weighted by Gasteiger charge is -2.31. The molecule has 3 aromatic heterocycles. The minimum atomic E-state index is 0.0140.